The summed E-state index contributed by atoms with van der Waals surface area (Å²) in [5, 5.41) is 0. The first-order valence-electron chi connectivity index (χ1n) is 5.30. The van der Waals surface area contributed by atoms with Crippen LogP contribution in [0.25, 0.3) is 0 Å². The second-order valence-corrected chi connectivity index (χ2v) is 6.85. The highest BCUT2D eigenvalue weighted by atomic mass is 127. The highest BCUT2D eigenvalue weighted by Gasteiger charge is 2.26. The third-order valence-corrected chi connectivity index (χ3v) is 4.00. The van der Waals surface area contributed by atoms with Crippen LogP contribution < -0.4 is 0 Å². The standard InChI is InChI=1S/C10H22IN2/c1-4-10(2)9-12-5-7-13(3,11)8-6-12/h10H,4-9H2,1-3H3/q+1/t10-/m0/s1. The predicted molar refractivity (Wildman–Crippen MR) is 65.8 cm³/mol. The van der Waals surface area contributed by atoms with E-state index in [4.69, 9.17) is 0 Å². The SMILES string of the molecule is CC[C@H](C)CN1CC[N+](C)(I)CC1. The monoisotopic (exact) mass is 297 g/mol. The molecular formula is C10H22IN2+. The zero-order valence-electron chi connectivity index (χ0n) is 9.09. The minimum atomic E-state index is 0.867. The summed E-state index contributed by atoms with van der Waals surface area (Å²) in [7, 11) is 2.32. The van der Waals surface area contributed by atoms with Crippen LogP contribution in [0.5, 0.6) is 0 Å². The molecule has 0 unspecified atom stereocenters. The summed E-state index contributed by atoms with van der Waals surface area (Å²) in [5.41, 5.74) is 0. The number of nitrogens with zero attached hydrogens (tertiary/aromatic N) is 2. The Kier molecular flexibility index (Phi) is 4.45. The predicted octanol–water partition coefficient (Wildman–Crippen LogP) is 2.14. The summed E-state index contributed by atoms with van der Waals surface area (Å²) < 4.78 is 1.18. The molecule has 78 valence electrons. The van der Waals surface area contributed by atoms with Crippen LogP contribution in [0, 0.1) is 5.92 Å². The molecular weight excluding hydrogens is 275 g/mol. The second-order valence-electron chi connectivity index (χ2n) is 4.53. The molecule has 1 atom stereocenters. The Bertz CT molecular complexity index is 149. The summed E-state index contributed by atoms with van der Waals surface area (Å²) in [6, 6.07) is 0. The first-order valence-corrected chi connectivity index (χ1v) is 6.26. The molecule has 0 radical (unpaired) electrons. The maximum absolute atomic E-state index is 2.62. The Balaban J connectivity index is 2.25. The normalized spacial score (nSPS) is 25.8. The van der Waals surface area contributed by atoms with Gasteiger partial charge in [0.15, 0.2) is 0 Å². The zero-order chi connectivity index (χ0) is 9.90. The van der Waals surface area contributed by atoms with Crippen LogP contribution >= 0.6 is 22.9 Å². The molecule has 1 aliphatic rings. The van der Waals surface area contributed by atoms with Crippen molar-refractivity contribution in [3.05, 3.63) is 0 Å². The van der Waals surface area contributed by atoms with Crippen molar-refractivity contribution in [1.82, 2.24) is 4.90 Å². The molecule has 1 fully saturated rings. The lowest BCUT2D eigenvalue weighted by Crippen LogP contribution is -2.51. The van der Waals surface area contributed by atoms with E-state index in [0.717, 1.165) is 5.92 Å². The maximum atomic E-state index is 2.62. The van der Waals surface area contributed by atoms with E-state index in [1.807, 2.05) is 0 Å². The van der Waals surface area contributed by atoms with Crippen LogP contribution in [-0.4, -0.2) is 47.4 Å². The second kappa shape index (κ2) is 4.94. The van der Waals surface area contributed by atoms with Gasteiger partial charge in [-0.3, -0.25) is 7.60 Å². The minimum absolute atomic E-state index is 0.867. The fourth-order valence-corrected chi connectivity index (χ4v) is 2.11. The van der Waals surface area contributed by atoms with Gasteiger partial charge < -0.3 is 0 Å². The van der Waals surface area contributed by atoms with E-state index < -0.39 is 0 Å². The first-order chi connectivity index (χ1) is 6.03. The van der Waals surface area contributed by atoms with Gasteiger partial charge in [0, 0.05) is 19.6 Å². The maximum Gasteiger partial charge on any atom is 0.248 e. The topological polar surface area (TPSA) is 3.24 Å². The van der Waals surface area contributed by atoms with Crippen LogP contribution in [0.4, 0.5) is 0 Å². The summed E-state index contributed by atoms with van der Waals surface area (Å²) >= 11 is 2.55. The summed E-state index contributed by atoms with van der Waals surface area (Å²) in [6.07, 6.45) is 1.31. The molecule has 1 rings (SSSR count). The van der Waals surface area contributed by atoms with Crippen LogP contribution in [0.15, 0.2) is 0 Å². The van der Waals surface area contributed by atoms with Crippen molar-refractivity contribution < 1.29 is 2.70 Å². The van der Waals surface area contributed by atoms with E-state index in [1.54, 1.807) is 0 Å². The van der Waals surface area contributed by atoms with Crippen LogP contribution in [0.3, 0.4) is 0 Å². The lowest BCUT2D eigenvalue weighted by molar-refractivity contribution is -0.737. The van der Waals surface area contributed by atoms with Gasteiger partial charge in [0.1, 0.15) is 0 Å². The quantitative estimate of drug-likeness (QED) is 0.570. The Hall–Kier alpha value is 0.650. The van der Waals surface area contributed by atoms with Gasteiger partial charge in [0.2, 0.25) is 22.9 Å². The Morgan fingerprint density at radius 1 is 1.38 bits per heavy atom. The third-order valence-electron chi connectivity index (χ3n) is 3.03. The van der Waals surface area contributed by atoms with Crippen LogP contribution in [-0.2, 0) is 0 Å². The third kappa shape index (κ3) is 4.13. The first kappa shape index (κ1) is 11.7. The summed E-state index contributed by atoms with van der Waals surface area (Å²) in [5.74, 6) is 0.867. The number of hydrogen-bond acceptors (Lipinski definition) is 1. The van der Waals surface area contributed by atoms with Gasteiger partial charge in [-0.1, -0.05) is 20.3 Å². The lowest BCUT2D eigenvalue weighted by Gasteiger charge is -2.37. The molecule has 0 aromatic heterocycles. The molecule has 0 saturated carbocycles. The number of piperazine rings is 1. The van der Waals surface area contributed by atoms with Gasteiger partial charge in [0.25, 0.3) is 0 Å². The number of halogens is 1. The highest BCUT2D eigenvalue weighted by Crippen LogP contribution is 2.17. The molecule has 3 heteroatoms. The minimum Gasteiger partial charge on any atom is -0.292 e. The summed E-state index contributed by atoms with van der Waals surface area (Å²) in [6.45, 7) is 11.1. The van der Waals surface area contributed by atoms with Crippen molar-refractivity contribution in [2.45, 2.75) is 20.3 Å². The molecule has 1 aliphatic heterocycles. The average molecular weight is 297 g/mol. The average Bonchev–Trinajstić information content (AvgIpc) is 2.08. The molecule has 0 N–H and O–H groups in total. The molecule has 0 aromatic carbocycles. The molecule has 13 heavy (non-hydrogen) atoms. The van der Waals surface area contributed by atoms with E-state index in [1.165, 1.54) is 41.8 Å². The van der Waals surface area contributed by atoms with Gasteiger partial charge in [-0.15, -0.1) is 0 Å². The molecule has 0 aliphatic carbocycles. The van der Waals surface area contributed by atoms with Gasteiger partial charge in [0.05, 0.1) is 20.1 Å². The van der Waals surface area contributed by atoms with Crippen molar-refractivity contribution in [3.8, 4) is 0 Å². The number of rotatable bonds is 3. The molecule has 0 spiro atoms. The number of hydrogen-bond donors (Lipinski definition) is 0. The van der Waals surface area contributed by atoms with Gasteiger partial charge in [-0.25, -0.2) is 0 Å². The van der Waals surface area contributed by atoms with Gasteiger partial charge in [-0.2, -0.15) is 0 Å². The molecule has 0 bridgehead atoms. The molecule has 1 saturated heterocycles. The summed E-state index contributed by atoms with van der Waals surface area (Å²) in [4.78, 5) is 2.62. The fourth-order valence-electron chi connectivity index (χ4n) is 1.68. The van der Waals surface area contributed by atoms with Crippen LogP contribution in [0.2, 0.25) is 0 Å². The zero-order valence-corrected chi connectivity index (χ0v) is 11.2. The van der Waals surface area contributed by atoms with E-state index in [9.17, 15) is 0 Å². The van der Waals surface area contributed by atoms with Crippen molar-refractivity contribution in [2.75, 3.05) is 39.8 Å². The number of quaternary nitrogens is 1. The molecule has 2 nitrogen and oxygen atoms in total. The van der Waals surface area contributed by atoms with Gasteiger partial charge >= 0.3 is 0 Å². The Morgan fingerprint density at radius 2 is 1.92 bits per heavy atom. The van der Waals surface area contributed by atoms with E-state index >= 15 is 0 Å². The van der Waals surface area contributed by atoms with E-state index in [-0.39, 0.29) is 0 Å². The van der Waals surface area contributed by atoms with E-state index in [2.05, 4.69) is 48.7 Å². The molecule has 0 amide bonds. The molecule has 1 heterocycles. The van der Waals surface area contributed by atoms with Gasteiger partial charge in [-0.05, 0) is 5.92 Å². The van der Waals surface area contributed by atoms with Crippen molar-refractivity contribution in [2.24, 2.45) is 5.92 Å². The van der Waals surface area contributed by atoms with Crippen LogP contribution in [0.1, 0.15) is 20.3 Å². The van der Waals surface area contributed by atoms with E-state index in [0.29, 0.717) is 0 Å². The van der Waals surface area contributed by atoms with Crippen molar-refractivity contribution in [3.63, 3.8) is 0 Å². The molecule has 0 aromatic rings. The fraction of sp³-hybridized carbons (Fsp3) is 1.00. The largest absolute Gasteiger partial charge is 0.292 e. The smallest absolute Gasteiger partial charge is 0.248 e. The Labute approximate surface area is 96.4 Å². The lowest BCUT2D eigenvalue weighted by atomic mass is 10.1. The van der Waals surface area contributed by atoms with Crippen molar-refractivity contribution in [1.29, 1.82) is 0 Å². The number of likely N-dealkylation sites (N-methyl/N-ethyl adjacent to an activating group) is 1. The highest BCUT2D eigenvalue weighted by molar-refractivity contribution is 14.1. The van der Waals surface area contributed by atoms with Crippen molar-refractivity contribution >= 4 is 22.9 Å². The Morgan fingerprint density at radius 3 is 2.38 bits per heavy atom.